The van der Waals surface area contributed by atoms with Gasteiger partial charge < -0.3 is 5.73 Å². The number of halogens is 1. The Morgan fingerprint density at radius 1 is 1.54 bits per heavy atom. The average molecular weight is 182 g/mol. The second-order valence-electron chi connectivity index (χ2n) is 3.11. The summed E-state index contributed by atoms with van der Waals surface area (Å²) in [4.78, 5) is 4.09. The first-order chi connectivity index (χ1) is 6.24. The van der Waals surface area contributed by atoms with Crippen molar-refractivity contribution in [3.8, 4) is 0 Å². The molecule has 0 amide bonds. The largest absolute Gasteiger partial charge is 0.325 e. The van der Waals surface area contributed by atoms with E-state index in [2.05, 4.69) is 4.98 Å². The number of hydrogen-bond acceptors (Lipinski definition) is 2. The van der Waals surface area contributed by atoms with Gasteiger partial charge in [0.05, 0.1) is 0 Å². The van der Waals surface area contributed by atoms with Gasteiger partial charge in [-0.05, 0) is 18.6 Å². The summed E-state index contributed by atoms with van der Waals surface area (Å²) >= 11 is 0. The molecule has 0 fully saturated rings. The molecular weight excluding hydrogens is 167 g/mol. The van der Waals surface area contributed by atoms with Gasteiger partial charge in [0, 0.05) is 24.4 Å². The highest BCUT2D eigenvalue weighted by Gasteiger charge is 2.15. The first kappa shape index (κ1) is 10.1. The summed E-state index contributed by atoms with van der Waals surface area (Å²) in [6, 6.07) is 5.15. The minimum atomic E-state index is -0.929. The van der Waals surface area contributed by atoms with Crippen molar-refractivity contribution >= 4 is 0 Å². The molecule has 2 atom stereocenters. The van der Waals surface area contributed by atoms with E-state index in [-0.39, 0.29) is 0 Å². The maximum absolute atomic E-state index is 13.1. The van der Waals surface area contributed by atoms with Crippen LogP contribution in [0.5, 0.6) is 0 Å². The summed E-state index contributed by atoms with van der Waals surface area (Å²) in [5.74, 6) is 0. The molecule has 0 aliphatic rings. The lowest BCUT2D eigenvalue weighted by Gasteiger charge is -2.14. The number of aromatic nitrogens is 1. The molecule has 0 saturated carbocycles. The molecule has 0 spiro atoms. The topological polar surface area (TPSA) is 38.9 Å². The molecule has 72 valence electrons. The van der Waals surface area contributed by atoms with Gasteiger partial charge in [-0.2, -0.15) is 0 Å². The van der Waals surface area contributed by atoms with Gasteiger partial charge in [0.2, 0.25) is 0 Å². The number of hydrogen-bond donors (Lipinski definition) is 1. The van der Waals surface area contributed by atoms with Crippen LogP contribution in [-0.4, -0.2) is 17.2 Å². The van der Waals surface area contributed by atoms with Gasteiger partial charge in [-0.3, -0.25) is 4.98 Å². The van der Waals surface area contributed by atoms with E-state index in [4.69, 9.17) is 5.73 Å². The van der Waals surface area contributed by atoms with Gasteiger partial charge in [-0.15, -0.1) is 0 Å². The Bertz CT molecular complexity index is 238. The first-order valence-electron chi connectivity index (χ1n) is 4.53. The fraction of sp³-hybridized carbons (Fsp3) is 0.500. The van der Waals surface area contributed by atoms with Gasteiger partial charge in [0.25, 0.3) is 0 Å². The van der Waals surface area contributed by atoms with Gasteiger partial charge in [0.15, 0.2) is 0 Å². The van der Waals surface area contributed by atoms with E-state index in [9.17, 15) is 4.39 Å². The van der Waals surface area contributed by atoms with Crippen molar-refractivity contribution in [3.05, 3.63) is 30.1 Å². The zero-order valence-electron chi connectivity index (χ0n) is 7.78. The van der Waals surface area contributed by atoms with Gasteiger partial charge in [-0.1, -0.05) is 13.0 Å². The van der Waals surface area contributed by atoms with Crippen molar-refractivity contribution in [3.63, 3.8) is 0 Å². The molecule has 0 bridgehead atoms. The molecule has 3 heteroatoms. The molecule has 1 aromatic rings. The minimum Gasteiger partial charge on any atom is -0.325 e. The van der Waals surface area contributed by atoms with Crippen LogP contribution in [0, 0.1) is 0 Å². The standard InChI is InChI=1S/C10H15FN2/c1-2-9(11)10(12)7-8-5-3-4-6-13-8/h3-6,9-10H,2,7,12H2,1H3/t9-,10?/m1/s1. The Hall–Kier alpha value is -0.960. The van der Waals surface area contributed by atoms with Crippen molar-refractivity contribution in [1.82, 2.24) is 4.98 Å². The van der Waals surface area contributed by atoms with Crippen molar-refractivity contribution in [2.24, 2.45) is 5.73 Å². The first-order valence-corrected chi connectivity index (χ1v) is 4.53. The average Bonchev–Trinajstić information content (AvgIpc) is 2.18. The predicted octanol–water partition coefficient (Wildman–Crippen LogP) is 1.70. The lowest BCUT2D eigenvalue weighted by Crippen LogP contribution is -2.33. The Labute approximate surface area is 78.0 Å². The number of rotatable bonds is 4. The Morgan fingerprint density at radius 2 is 2.31 bits per heavy atom. The lowest BCUT2D eigenvalue weighted by atomic mass is 10.1. The number of nitrogens with zero attached hydrogens (tertiary/aromatic N) is 1. The number of alkyl halides is 1. The Balaban J connectivity index is 2.50. The van der Waals surface area contributed by atoms with E-state index < -0.39 is 12.2 Å². The maximum atomic E-state index is 13.1. The van der Waals surface area contributed by atoms with Crippen LogP contribution >= 0.6 is 0 Å². The molecule has 2 nitrogen and oxygen atoms in total. The lowest BCUT2D eigenvalue weighted by molar-refractivity contribution is 0.271. The monoisotopic (exact) mass is 182 g/mol. The number of pyridine rings is 1. The van der Waals surface area contributed by atoms with E-state index in [0.29, 0.717) is 12.8 Å². The van der Waals surface area contributed by atoms with Gasteiger partial charge in [-0.25, -0.2) is 4.39 Å². The van der Waals surface area contributed by atoms with Crippen molar-refractivity contribution in [1.29, 1.82) is 0 Å². The Morgan fingerprint density at radius 3 is 2.85 bits per heavy atom. The smallest absolute Gasteiger partial charge is 0.115 e. The van der Waals surface area contributed by atoms with Crippen LogP contribution in [0.2, 0.25) is 0 Å². The molecule has 0 aliphatic heterocycles. The van der Waals surface area contributed by atoms with E-state index in [1.165, 1.54) is 0 Å². The summed E-state index contributed by atoms with van der Waals surface area (Å²) in [6.07, 6.45) is 1.74. The Kier molecular flexibility index (Phi) is 3.83. The van der Waals surface area contributed by atoms with Crippen LogP contribution in [-0.2, 0) is 6.42 Å². The summed E-state index contributed by atoms with van der Waals surface area (Å²) in [6.45, 7) is 1.79. The quantitative estimate of drug-likeness (QED) is 0.769. The molecule has 1 heterocycles. The third-order valence-electron chi connectivity index (χ3n) is 2.03. The van der Waals surface area contributed by atoms with Gasteiger partial charge >= 0.3 is 0 Å². The second kappa shape index (κ2) is 4.92. The second-order valence-corrected chi connectivity index (χ2v) is 3.11. The van der Waals surface area contributed by atoms with Crippen LogP contribution in [0.25, 0.3) is 0 Å². The summed E-state index contributed by atoms with van der Waals surface area (Å²) < 4.78 is 13.1. The molecule has 0 aliphatic carbocycles. The minimum absolute atomic E-state index is 0.431. The fourth-order valence-corrected chi connectivity index (χ4v) is 1.19. The predicted molar refractivity (Wildman–Crippen MR) is 51.1 cm³/mol. The maximum Gasteiger partial charge on any atom is 0.115 e. The van der Waals surface area contributed by atoms with Crippen LogP contribution < -0.4 is 5.73 Å². The molecule has 1 unspecified atom stereocenters. The van der Waals surface area contributed by atoms with E-state index in [1.807, 2.05) is 18.2 Å². The third-order valence-corrected chi connectivity index (χ3v) is 2.03. The highest BCUT2D eigenvalue weighted by molar-refractivity contribution is 5.05. The number of nitrogens with two attached hydrogens (primary N) is 1. The highest BCUT2D eigenvalue weighted by atomic mass is 19.1. The molecule has 0 saturated heterocycles. The molecule has 2 N–H and O–H groups in total. The van der Waals surface area contributed by atoms with Crippen molar-refractivity contribution in [2.75, 3.05) is 0 Å². The third kappa shape index (κ3) is 3.11. The van der Waals surface area contributed by atoms with Crippen LogP contribution in [0.15, 0.2) is 24.4 Å². The van der Waals surface area contributed by atoms with E-state index in [0.717, 1.165) is 5.69 Å². The zero-order chi connectivity index (χ0) is 9.68. The fourth-order valence-electron chi connectivity index (χ4n) is 1.19. The van der Waals surface area contributed by atoms with E-state index >= 15 is 0 Å². The molecule has 1 rings (SSSR count). The normalized spacial score (nSPS) is 15.3. The highest BCUT2D eigenvalue weighted by Crippen LogP contribution is 2.06. The van der Waals surface area contributed by atoms with E-state index in [1.54, 1.807) is 13.1 Å². The van der Waals surface area contributed by atoms with Crippen molar-refractivity contribution in [2.45, 2.75) is 32.0 Å². The SMILES string of the molecule is CC[C@@H](F)C(N)Cc1ccccn1. The van der Waals surface area contributed by atoms with Gasteiger partial charge in [0.1, 0.15) is 6.17 Å². The molecule has 13 heavy (non-hydrogen) atoms. The molecule has 1 aromatic heterocycles. The summed E-state index contributed by atoms with van der Waals surface area (Å²) in [5, 5.41) is 0. The van der Waals surface area contributed by atoms with Crippen molar-refractivity contribution < 1.29 is 4.39 Å². The molecule has 0 radical (unpaired) electrons. The van der Waals surface area contributed by atoms with Crippen LogP contribution in [0.3, 0.4) is 0 Å². The molecule has 0 aromatic carbocycles. The molecular formula is C10H15FN2. The van der Waals surface area contributed by atoms with Crippen LogP contribution in [0.4, 0.5) is 4.39 Å². The summed E-state index contributed by atoms with van der Waals surface area (Å²) in [7, 11) is 0. The zero-order valence-corrected chi connectivity index (χ0v) is 7.78. The van der Waals surface area contributed by atoms with Crippen LogP contribution in [0.1, 0.15) is 19.0 Å². The summed E-state index contributed by atoms with van der Waals surface area (Å²) in [5.41, 5.74) is 6.50.